The molecule has 1 saturated heterocycles. The first-order chi connectivity index (χ1) is 8.11. The van der Waals surface area contributed by atoms with Crippen molar-refractivity contribution in [3.63, 3.8) is 0 Å². The number of nitrogen functional groups attached to an aromatic ring is 1. The molecular formula is C12H16ClN3O. The molecule has 2 heterocycles. The smallest absolute Gasteiger partial charge is 0.255 e. The predicted octanol–water partition coefficient (Wildman–Crippen LogP) is 2.19. The van der Waals surface area contributed by atoms with E-state index in [0.29, 0.717) is 16.5 Å². The van der Waals surface area contributed by atoms with Crippen molar-refractivity contribution in [2.24, 2.45) is 5.92 Å². The number of pyridine rings is 1. The number of anilines is 1. The van der Waals surface area contributed by atoms with Gasteiger partial charge in [0.15, 0.2) is 0 Å². The van der Waals surface area contributed by atoms with Gasteiger partial charge in [-0.15, -0.1) is 0 Å². The van der Waals surface area contributed by atoms with Crippen molar-refractivity contribution in [2.75, 3.05) is 18.8 Å². The molecule has 1 aliphatic heterocycles. The van der Waals surface area contributed by atoms with Gasteiger partial charge in [0, 0.05) is 19.3 Å². The third-order valence-corrected chi connectivity index (χ3v) is 3.57. The van der Waals surface area contributed by atoms with Crippen LogP contribution in [-0.4, -0.2) is 28.9 Å². The van der Waals surface area contributed by atoms with E-state index in [1.165, 1.54) is 6.20 Å². The number of carbonyl (C=O) groups excluding carboxylic acids is 1. The second-order valence-corrected chi connectivity index (χ2v) is 4.81. The maximum absolute atomic E-state index is 12.2. The first-order valence-corrected chi connectivity index (χ1v) is 6.20. The highest BCUT2D eigenvalue weighted by Crippen LogP contribution is 2.23. The Hall–Kier alpha value is -1.29. The van der Waals surface area contributed by atoms with Crippen LogP contribution in [0.3, 0.4) is 0 Å². The Bertz CT molecular complexity index is 436. The average molecular weight is 254 g/mol. The molecule has 1 unspecified atom stereocenters. The molecule has 1 aromatic rings. The standard InChI is InChI=1S/C12H16ClN3O/c1-2-8-3-4-16(7-8)12(17)9-5-10(13)11(14)15-6-9/h5-6,8H,2-4,7H2,1H3,(H2,14,15). The molecule has 5 heteroatoms. The number of likely N-dealkylation sites (tertiary alicyclic amines) is 1. The van der Waals surface area contributed by atoms with Gasteiger partial charge in [-0.3, -0.25) is 4.79 Å². The molecule has 0 aromatic carbocycles. The number of hydrogen-bond donors (Lipinski definition) is 1. The van der Waals surface area contributed by atoms with E-state index in [-0.39, 0.29) is 11.7 Å². The number of carbonyl (C=O) groups is 1. The summed E-state index contributed by atoms with van der Waals surface area (Å²) < 4.78 is 0. The monoisotopic (exact) mass is 253 g/mol. The summed E-state index contributed by atoms with van der Waals surface area (Å²) in [6.45, 7) is 3.80. The molecule has 0 radical (unpaired) electrons. The van der Waals surface area contributed by atoms with Gasteiger partial charge >= 0.3 is 0 Å². The molecule has 0 saturated carbocycles. The Morgan fingerprint density at radius 3 is 3.06 bits per heavy atom. The first-order valence-electron chi connectivity index (χ1n) is 5.82. The van der Waals surface area contributed by atoms with Gasteiger partial charge in [0.1, 0.15) is 5.82 Å². The molecule has 1 fully saturated rings. The molecule has 2 N–H and O–H groups in total. The molecular weight excluding hydrogens is 238 g/mol. The lowest BCUT2D eigenvalue weighted by Gasteiger charge is -2.16. The van der Waals surface area contributed by atoms with Crippen LogP contribution in [0.5, 0.6) is 0 Å². The van der Waals surface area contributed by atoms with Crippen LogP contribution in [0.4, 0.5) is 5.82 Å². The van der Waals surface area contributed by atoms with E-state index < -0.39 is 0 Å². The fraction of sp³-hybridized carbons (Fsp3) is 0.500. The molecule has 92 valence electrons. The molecule has 4 nitrogen and oxygen atoms in total. The number of nitrogens with zero attached hydrogens (tertiary/aromatic N) is 2. The van der Waals surface area contributed by atoms with Crippen molar-refractivity contribution in [1.29, 1.82) is 0 Å². The van der Waals surface area contributed by atoms with E-state index in [2.05, 4.69) is 11.9 Å². The molecule has 1 atom stereocenters. The van der Waals surface area contributed by atoms with Gasteiger partial charge in [-0.05, 0) is 18.4 Å². The van der Waals surface area contributed by atoms with Crippen molar-refractivity contribution in [2.45, 2.75) is 19.8 Å². The largest absolute Gasteiger partial charge is 0.382 e. The van der Waals surface area contributed by atoms with Crippen LogP contribution in [0.1, 0.15) is 30.1 Å². The van der Waals surface area contributed by atoms with Crippen molar-refractivity contribution in [3.8, 4) is 0 Å². The van der Waals surface area contributed by atoms with Gasteiger partial charge in [0.05, 0.1) is 10.6 Å². The highest BCUT2D eigenvalue weighted by atomic mass is 35.5. The summed E-state index contributed by atoms with van der Waals surface area (Å²) in [7, 11) is 0. The number of rotatable bonds is 2. The van der Waals surface area contributed by atoms with Gasteiger partial charge in [-0.1, -0.05) is 24.9 Å². The number of amides is 1. The lowest BCUT2D eigenvalue weighted by Crippen LogP contribution is -2.28. The van der Waals surface area contributed by atoms with Crippen molar-refractivity contribution in [3.05, 3.63) is 22.8 Å². The van der Waals surface area contributed by atoms with Crippen LogP contribution in [0.15, 0.2) is 12.3 Å². The van der Waals surface area contributed by atoms with E-state index in [0.717, 1.165) is 25.9 Å². The maximum Gasteiger partial charge on any atom is 0.255 e. The molecule has 0 aliphatic carbocycles. The van der Waals surface area contributed by atoms with Crippen LogP contribution in [0.2, 0.25) is 5.02 Å². The highest BCUT2D eigenvalue weighted by molar-refractivity contribution is 6.33. The number of nitrogens with two attached hydrogens (primary N) is 1. The Labute approximate surface area is 106 Å². The summed E-state index contributed by atoms with van der Waals surface area (Å²) >= 11 is 5.86. The predicted molar refractivity (Wildman–Crippen MR) is 68.0 cm³/mol. The molecule has 17 heavy (non-hydrogen) atoms. The maximum atomic E-state index is 12.2. The molecule has 0 spiro atoms. The van der Waals surface area contributed by atoms with Crippen molar-refractivity contribution < 1.29 is 4.79 Å². The summed E-state index contributed by atoms with van der Waals surface area (Å²) in [5, 5.41) is 0.335. The van der Waals surface area contributed by atoms with Crippen LogP contribution in [-0.2, 0) is 0 Å². The quantitative estimate of drug-likeness (QED) is 0.879. The molecule has 0 bridgehead atoms. The average Bonchev–Trinajstić information content (AvgIpc) is 2.80. The third kappa shape index (κ3) is 2.52. The Morgan fingerprint density at radius 2 is 2.47 bits per heavy atom. The van der Waals surface area contributed by atoms with Crippen molar-refractivity contribution >= 4 is 23.3 Å². The third-order valence-electron chi connectivity index (χ3n) is 3.27. The van der Waals surface area contributed by atoms with E-state index in [4.69, 9.17) is 17.3 Å². The minimum absolute atomic E-state index is 0.00431. The summed E-state index contributed by atoms with van der Waals surface area (Å²) in [5.74, 6) is 0.877. The first kappa shape index (κ1) is 12.2. The fourth-order valence-electron chi connectivity index (χ4n) is 2.10. The summed E-state index contributed by atoms with van der Waals surface area (Å²) in [6.07, 6.45) is 3.69. The molecule has 2 rings (SSSR count). The minimum atomic E-state index is -0.00431. The van der Waals surface area contributed by atoms with E-state index in [1.807, 2.05) is 4.90 Å². The van der Waals surface area contributed by atoms with Crippen LogP contribution < -0.4 is 5.73 Å². The summed E-state index contributed by atoms with van der Waals surface area (Å²) in [4.78, 5) is 17.9. The van der Waals surface area contributed by atoms with Gasteiger partial charge in [0.25, 0.3) is 5.91 Å². The number of aromatic nitrogens is 1. The highest BCUT2D eigenvalue weighted by Gasteiger charge is 2.26. The van der Waals surface area contributed by atoms with Gasteiger partial charge in [-0.25, -0.2) is 4.98 Å². The Balaban J connectivity index is 2.12. The van der Waals surface area contributed by atoms with E-state index >= 15 is 0 Å². The van der Waals surface area contributed by atoms with Crippen LogP contribution in [0, 0.1) is 5.92 Å². The van der Waals surface area contributed by atoms with E-state index in [9.17, 15) is 4.79 Å². The Morgan fingerprint density at radius 1 is 1.71 bits per heavy atom. The zero-order valence-corrected chi connectivity index (χ0v) is 10.6. The zero-order chi connectivity index (χ0) is 12.4. The number of halogens is 1. The van der Waals surface area contributed by atoms with E-state index in [1.54, 1.807) is 6.07 Å². The minimum Gasteiger partial charge on any atom is -0.382 e. The van der Waals surface area contributed by atoms with Crippen molar-refractivity contribution in [1.82, 2.24) is 9.88 Å². The SMILES string of the molecule is CCC1CCN(C(=O)c2cnc(N)c(Cl)c2)C1. The number of hydrogen-bond acceptors (Lipinski definition) is 3. The molecule has 1 amide bonds. The second kappa shape index (κ2) is 4.92. The molecule has 1 aliphatic rings. The molecule has 1 aromatic heterocycles. The summed E-state index contributed by atoms with van der Waals surface area (Å²) in [5.41, 5.74) is 6.03. The van der Waals surface area contributed by atoms with Gasteiger partial charge < -0.3 is 10.6 Å². The van der Waals surface area contributed by atoms with Crippen LogP contribution >= 0.6 is 11.6 Å². The second-order valence-electron chi connectivity index (χ2n) is 4.41. The fourth-order valence-corrected chi connectivity index (χ4v) is 2.26. The van der Waals surface area contributed by atoms with Gasteiger partial charge in [-0.2, -0.15) is 0 Å². The lowest BCUT2D eigenvalue weighted by molar-refractivity contribution is 0.0786. The topological polar surface area (TPSA) is 59.2 Å². The Kier molecular flexibility index (Phi) is 3.52. The zero-order valence-electron chi connectivity index (χ0n) is 9.82. The normalized spacial score (nSPS) is 19.6. The van der Waals surface area contributed by atoms with Crippen LogP contribution in [0.25, 0.3) is 0 Å². The van der Waals surface area contributed by atoms with Gasteiger partial charge in [0.2, 0.25) is 0 Å². The lowest BCUT2D eigenvalue weighted by atomic mass is 10.1. The summed E-state index contributed by atoms with van der Waals surface area (Å²) in [6, 6.07) is 1.59.